The highest BCUT2D eigenvalue weighted by atomic mass is 16.3. The number of amides is 1. The molecule has 0 bridgehead atoms. The number of anilines is 1. The lowest BCUT2D eigenvalue weighted by molar-refractivity contribution is -0.113. The van der Waals surface area contributed by atoms with Gasteiger partial charge in [-0.15, -0.1) is 0 Å². The lowest BCUT2D eigenvalue weighted by Gasteiger charge is -2.37. The molecule has 2 aliphatic rings. The van der Waals surface area contributed by atoms with Gasteiger partial charge in [-0.25, -0.2) is 0 Å². The number of nitrogens with two attached hydrogens (primary N) is 1. The van der Waals surface area contributed by atoms with E-state index in [1.54, 1.807) is 6.08 Å². The minimum atomic E-state index is -0.493. The van der Waals surface area contributed by atoms with Gasteiger partial charge in [0.25, 0.3) is 0 Å². The average molecular weight is 258 g/mol. The molecule has 0 atom stereocenters. The molecule has 0 aromatic heterocycles. The van der Waals surface area contributed by atoms with E-state index in [9.17, 15) is 9.90 Å². The average Bonchev–Trinajstić information content (AvgIpc) is 2.41. The van der Waals surface area contributed by atoms with E-state index >= 15 is 0 Å². The number of hydrogen-bond donors (Lipinski definition) is 2. The molecule has 2 heterocycles. The number of carbonyl (C=O) groups is 1. The van der Waals surface area contributed by atoms with Crippen LogP contribution in [0, 0.1) is 0 Å². The number of hydrogen-bond acceptors (Lipinski definition) is 3. The van der Waals surface area contributed by atoms with Crippen molar-refractivity contribution in [2.24, 2.45) is 5.73 Å². The van der Waals surface area contributed by atoms with Crippen molar-refractivity contribution in [1.82, 2.24) is 0 Å². The number of carbonyl (C=O) groups excluding carboxylic acids is 1. The summed E-state index contributed by atoms with van der Waals surface area (Å²) >= 11 is 0. The molecule has 0 saturated carbocycles. The van der Waals surface area contributed by atoms with Gasteiger partial charge in [0.1, 0.15) is 5.75 Å². The minimum Gasteiger partial charge on any atom is -0.507 e. The molecule has 0 unspecified atom stereocenters. The molecule has 1 amide bonds. The van der Waals surface area contributed by atoms with Crippen molar-refractivity contribution in [3.8, 4) is 5.75 Å². The van der Waals surface area contributed by atoms with Gasteiger partial charge in [0.05, 0.1) is 0 Å². The van der Waals surface area contributed by atoms with Gasteiger partial charge in [-0.05, 0) is 43.4 Å². The smallest absolute Gasteiger partial charge is 0.241 e. The highest BCUT2D eigenvalue weighted by Crippen LogP contribution is 2.42. The first-order chi connectivity index (χ1) is 9.16. The van der Waals surface area contributed by atoms with Gasteiger partial charge in [0, 0.05) is 36.0 Å². The van der Waals surface area contributed by atoms with Crippen molar-refractivity contribution < 1.29 is 9.90 Å². The van der Waals surface area contributed by atoms with E-state index < -0.39 is 5.91 Å². The van der Waals surface area contributed by atoms with Crippen molar-refractivity contribution in [1.29, 1.82) is 0 Å². The Bertz CT molecular complexity index is 562. The summed E-state index contributed by atoms with van der Waals surface area (Å²) in [5.41, 5.74) is 9.36. The van der Waals surface area contributed by atoms with Crippen LogP contribution in [0.5, 0.6) is 5.75 Å². The number of nitrogens with zero attached hydrogens (tertiary/aromatic N) is 1. The van der Waals surface area contributed by atoms with Crippen molar-refractivity contribution >= 4 is 17.7 Å². The van der Waals surface area contributed by atoms with Crippen LogP contribution in [0.2, 0.25) is 0 Å². The van der Waals surface area contributed by atoms with Crippen LogP contribution in [0.25, 0.3) is 6.08 Å². The third-order valence-electron chi connectivity index (χ3n) is 3.95. The normalized spacial score (nSPS) is 17.6. The Hall–Kier alpha value is -1.97. The Balaban J connectivity index is 2.12. The van der Waals surface area contributed by atoms with Crippen molar-refractivity contribution in [2.45, 2.75) is 25.7 Å². The molecular formula is C15H18N2O2. The maximum Gasteiger partial charge on any atom is 0.241 e. The second kappa shape index (κ2) is 4.61. The standard InChI is InChI=1S/C15H18N2O2/c16-13(18)6-5-11-9-10-3-1-7-17-8-2-4-12(14(10)17)15(11)19/h5-6,9,19H,1-4,7-8H2,(H2,16,18)/b6-5-. The summed E-state index contributed by atoms with van der Waals surface area (Å²) < 4.78 is 0. The summed E-state index contributed by atoms with van der Waals surface area (Å²) in [6.45, 7) is 2.16. The van der Waals surface area contributed by atoms with Gasteiger partial charge in [0.15, 0.2) is 0 Å². The molecule has 0 aliphatic carbocycles. The molecule has 100 valence electrons. The monoisotopic (exact) mass is 258 g/mol. The van der Waals surface area contributed by atoms with E-state index in [0.29, 0.717) is 11.3 Å². The highest BCUT2D eigenvalue weighted by Gasteiger charge is 2.26. The molecule has 4 heteroatoms. The SMILES string of the molecule is NC(=O)/C=C\c1cc2c3c(c1O)CCCN3CCC2. The summed E-state index contributed by atoms with van der Waals surface area (Å²) in [6.07, 6.45) is 7.08. The Morgan fingerprint density at radius 2 is 2.05 bits per heavy atom. The quantitative estimate of drug-likeness (QED) is 0.792. The number of aryl methyl sites for hydroxylation is 1. The van der Waals surface area contributed by atoms with E-state index in [-0.39, 0.29) is 0 Å². The lowest BCUT2D eigenvalue weighted by Crippen LogP contribution is -2.34. The number of phenols is 1. The van der Waals surface area contributed by atoms with Gasteiger partial charge in [0.2, 0.25) is 5.91 Å². The van der Waals surface area contributed by atoms with Crippen LogP contribution in [0.3, 0.4) is 0 Å². The molecule has 1 aromatic carbocycles. The highest BCUT2D eigenvalue weighted by molar-refractivity contribution is 5.91. The number of phenolic OH excluding ortho intramolecular Hbond substituents is 1. The molecule has 2 aliphatic heterocycles. The maximum absolute atomic E-state index is 10.8. The largest absolute Gasteiger partial charge is 0.507 e. The first-order valence-corrected chi connectivity index (χ1v) is 6.77. The Morgan fingerprint density at radius 3 is 2.79 bits per heavy atom. The van der Waals surface area contributed by atoms with E-state index in [2.05, 4.69) is 4.90 Å². The second-order valence-corrected chi connectivity index (χ2v) is 5.23. The second-order valence-electron chi connectivity index (χ2n) is 5.23. The van der Waals surface area contributed by atoms with Crippen LogP contribution >= 0.6 is 0 Å². The number of aromatic hydroxyl groups is 1. The minimum absolute atomic E-state index is 0.308. The van der Waals surface area contributed by atoms with Crippen LogP contribution in [-0.2, 0) is 17.6 Å². The van der Waals surface area contributed by atoms with Gasteiger partial charge in [-0.1, -0.05) is 0 Å². The molecule has 1 aromatic rings. The summed E-state index contributed by atoms with van der Waals surface area (Å²) in [6, 6.07) is 1.99. The first-order valence-electron chi connectivity index (χ1n) is 6.77. The zero-order valence-corrected chi connectivity index (χ0v) is 10.9. The lowest BCUT2D eigenvalue weighted by atomic mass is 9.89. The van der Waals surface area contributed by atoms with Crippen molar-refractivity contribution in [3.05, 3.63) is 28.8 Å². The Kier molecular flexibility index (Phi) is 2.93. The topological polar surface area (TPSA) is 66.6 Å². The van der Waals surface area contributed by atoms with Crippen LogP contribution < -0.4 is 10.6 Å². The van der Waals surface area contributed by atoms with Gasteiger partial charge in [-0.2, -0.15) is 0 Å². The first kappa shape index (κ1) is 12.1. The molecule has 3 rings (SSSR count). The van der Waals surface area contributed by atoms with Crippen LogP contribution in [0.4, 0.5) is 5.69 Å². The number of benzene rings is 1. The molecule has 0 radical (unpaired) electrons. The predicted molar refractivity (Wildman–Crippen MR) is 75.2 cm³/mol. The zero-order chi connectivity index (χ0) is 13.4. The molecule has 0 saturated heterocycles. The van der Waals surface area contributed by atoms with E-state index in [4.69, 9.17) is 5.73 Å². The third kappa shape index (κ3) is 2.07. The van der Waals surface area contributed by atoms with Crippen LogP contribution in [0.15, 0.2) is 12.1 Å². The van der Waals surface area contributed by atoms with Gasteiger partial charge >= 0.3 is 0 Å². The Morgan fingerprint density at radius 1 is 1.32 bits per heavy atom. The molecule has 0 spiro atoms. The molecular weight excluding hydrogens is 240 g/mol. The van der Waals surface area contributed by atoms with Crippen molar-refractivity contribution in [3.63, 3.8) is 0 Å². The fourth-order valence-electron chi connectivity index (χ4n) is 3.17. The predicted octanol–water partition coefficient (Wildman–Crippen LogP) is 1.59. The van der Waals surface area contributed by atoms with Gasteiger partial charge in [-0.3, -0.25) is 4.79 Å². The molecule has 19 heavy (non-hydrogen) atoms. The molecule has 3 N–H and O–H groups in total. The van der Waals surface area contributed by atoms with Crippen LogP contribution in [0.1, 0.15) is 29.5 Å². The number of primary amides is 1. The molecule has 0 fully saturated rings. The number of rotatable bonds is 2. The van der Waals surface area contributed by atoms with Crippen molar-refractivity contribution in [2.75, 3.05) is 18.0 Å². The van der Waals surface area contributed by atoms with E-state index in [1.165, 1.54) is 17.3 Å². The third-order valence-corrected chi connectivity index (χ3v) is 3.95. The summed E-state index contributed by atoms with van der Waals surface area (Å²) in [5, 5.41) is 10.4. The van der Waals surface area contributed by atoms with E-state index in [1.807, 2.05) is 6.07 Å². The van der Waals surface area contributed by atoms with Crippen LogP contribution in [-0.4, -0.2) is 24.1 Å². The van der Waals surface area contributed by atoms with Gasteiger partial charge < -0.3 is 15.7 Å². The Labute approximate surface area is 112 Å². The summed E-state index contributed by atoms with van der Waals surface area (Å²) in [5.74, 6) is -0.185. The van der Waals surface area contributed by atoms with E-state index in [0.717, 1.165) is 44.3 Å². The fraction of sp³-hybridized carbons (Fsp3) is 0.400. The summed E-state index contributed by atoms with van der Waals surface area (Å²) in [4.78, 5) is 13.2. The zero-order valence-electron chi connectivity index (χ0n) is 10.9. The molecule has 4 nitrogen and oxygen atoms in total. The fourth-order valence-corrected chi connectivity index (χ4v) is 3.17. The summed E-state index contributed by atoms with van der Waals surface area (Å²) in [7, 11) is 0. The maximum atomic E-state index is 10.8.